The largest absolute Gasteiger partial charge is 0.378 e. The first-order valence-electron chi connectivity index (χ1n) is 8.71. The molecule has 1 aliphatic heterocycles. The minimum Gasteiger partial charge on any atom is -0.378 e. The molecule has 3 rings (SSSR count). The van der Waals surface area contributed by atoms with Crippen LogP contribution < -0.4 is 10.2 Å². The van der Waals surface area contributed by atoms with Crippen LogP contribution >= 0.6 is 0 Å². The second-order valence-electron chi connectivity index (χ2n) is 6.56. The quantitative estimate of drug-likeness (QED) is 0.835. The van der Waals surface area contributed by atoms with Crippen molar-refractivity contribution in [2.24, 2.45) is 0 Å². The molecule has 1 fully saturated rings. The number of rotatable bonds is 5. The van der Waals surface area contributed by atoms with E-state index in [9.17, 15) is 13.2 Å². The summed E-state index contributed by atoms with van der Waals surface area (Å²) in [7, 11) is -3.38. The van der Waals surface area contributed by atoms with Gasteiger partial charge in [-0.05, 0) is 42.3 Å². The molecule has 0 saturated carbocycles. The minimum atomic E-state index is -3.38. The van der Waals surface area contributed by atoms with Gasteiger partial charge < -0.3 is 15.0 Å². The van der Waals surface area contributed by atoms with Gasteiger partial charge in [0.25, 0.3) is 5.91 Å². The number of hydrogen-bond donors (Lipinski definition) is 1. The Balaban J connectivity index is 1.69. The average Bonchev–Trinajstić information content (AvgIpc) is 2.66. The molecule has 1 aromatic carbocycles. The van der Waals surface area contributed by atoms with E-state index in [0.717, 1.165) is 30.7 Å². The van der Waals surface area contributed by atoms with E-state index in [-0.39, 0.29) is 10.8 Å². The molecular formula is C19H23N3O4S. The summed E-state index contributed by atoms with van der Waals surface area (Å²) in [5.41, 5.74) is 1.87. The molecule has 27 heavy (non-hydrogen) atoms. The Kier molecular flexibility index (Phi) is 5.76. The number of nitrogens with one attached hydrogen (secondary N) is 1. The van der Waals surface area contributed by atoms with Crippen molar-refractivity contribution in [2.75, 3.05) is 37.5 Å². The van der Waals surface area contributed by atoms with E-state index < -0.39 is 9.84 Å². The van der Waals surface area contributed by atoms with Crippen LogP contribution in [0.4, 0.5) is 5.82 Å². The van der Waals surface area contributed by atoms with Gasteiger partial charge in [-0.1, -0.05) is 6.07 Å². The Labute approximate surface area is 159 Å². The number of ether oxygens (including phenoxy) is 1. The SMILES string of the molecule is Cc1ccc(C(=O)NCc2ccnc(N3CCOCC3)c2)cc1S(C)(=O)=O. The van der Waals surface area contributed by atoms with Gasteiger partial charge in [-0.2, -0.15) is 0 Å². The maximum absolute atomic E-state index is 12.4. The fraction of sp³-hybridized carbons (Fsp3) is 0.368. The normalized spacial score (nSPS) is 14.8. The molecule has 0 unspecified atom stereocenters. The molecule has 1 N–H and O–H groups in total. The Morgan fingerprint density at radius 3 is 2.67 bits per heavy atom. The summed E-state index contributed by atoms with van der Waals surface area (Å²) in [6.45, 7) is 4.99. The van der Waals surface area contributed by atoms with Gasteiger partial charge in [-0.25, -0.2) is 13.4 Å². The van der Waals surface area contributed by atoms with E-state index in [1.165, 1.54) is 6.07 Å². The molecule has 0 aliphatic carbocycles. The number of amides is 1. The summed E-state index contributed by atoms with van der Waals surface area (Å²) in [6.07, 6.45) is 2.86. The van der Waals surface area contributed by atoms with E-state index in [1.807, 2.05) is 12.1 Å². The van der Waals surface area contributed by atoms with Crippen molar-refractivity contribution in [3.8, 4) is 0 Å². The second kappa shape index (κ2) is 8.06. The highest BCUT2D eigenvalue weighted by Crippen LogP contribution is 2.18. The Morgan fingerprint density at radius 2 is 1.96 bits per heavy atom. The lowest BCUT2D eigenvalue weighted by molar-refractivity contribution is 0.0950. The van der Waals surface area contributed by atoms with Crippen LogP contribution in [0.15, 0.2) is 41.4 Å². The summed E-state index contributed by atoms with van der Waals surface area (Å²) in [5, 5.41) is 2.84. The fourth-order valence-corrected chi connectivity index (χ4v) is 3.96. The Morgan fingerprint density at radius 1 is 1.22 bits per heavy atom. The topological polar surface area (TPSA) is 88.6 Å². The van der Waals surface area contributed by atoms with Crippen LogP contribution in [-0.2, 0) is 21.1 Å². The maximum Gasteiger partial charge on any atom is 0.251 e. The molecular weight excluding hydrogens is 366 g/mol. The number of morpholine rings is 1. The van der Waals surface area contributed by atoms with Gasteiger partial charge >= 0.3 is 0 Å². The summed E-state index contributed by atoms with van der Waals surface area (Å²) in [6, 6.07) is 8.50. The number of carbonyl (C=O) groups is 1. The molecule has 2 heterocycles. The molecule has 0 radical (unpaired) electrons. The van der Waals surface area contributed by atoms with Crippen LogP contribution in [0.25, 0.3) is 0 Å². The average molecular weight is 389 g/mol. The van der Waals surface area contributed by atoms with Crippen LogP contribution in [0.3, 0.4) is 0 Å². The zero-order valence-corrected chi connectivity index (χ0v) is 16.3. The Bertz CT molecular complexity index is 938. The summed E-state index contributed by atoms with van der Waals surface area (Å²) in [4.78, 5) is 19.2. The summed E-state index contributed by atoms with van der Waals surface area (Å²) < 4.78 is 29.0. The van der Waals surface area contributed by atoms with Crippen LogP contribution in [0.2, 0.25) is 0 Å². The smallest absolute Gasteiger partial charge is 0.251 e. The van der Waals surface area contributed by atoms with E-state index in [2.05, 4.69) is 15.2 Å². The zero-order chi connectivity index (χ0) is 19.4. The zero-order valence-electron chi connectivity index (χ0n) is 15.4. The van der Waals surface area contributed by atoms with Gasteiger partial charge in [0.2, 0.25) is 0 Å². The molecule has 1 aromatic heterocycles. The molecule has 0 spiro atoms. The minimum absolute atomic E-state index is 0.175. The third-order valence-corrected chi connectivity index (χ3v) is 5.69. The van der Waals surface area contributed by atoms with E-state index in [4.69, 9.17) is 4.74 Å². The monoisotopic (exact) mass is 389 g/mol. The number of carbonyl (C=O) groups excluding carboxylic acids is 1. The molecule has 1 aliphatic rings. The summed E-state index contributed by atoms with van der Waals surface area (Å²) in [5.74, 6) is 0.546. The van der Waals surface area contributed by atoms with Gasteiger partial charge in [0.1, 0.15) is 5.82 Å². The molecule has 8 heteroatoms. The number of nitrogens with zero attached hydrogens (tertiary/aromatic N) is 2. The standard InChI is InChI=1S/C19H23N3O4S/c1-14-3-4-16(12-17(14)27(2,24)25)19(23)21-13-15-5-6-20-18(11-15)22-7-9-26-10-8-22/h3-6,11-12H,7-10,13H2,1-2H3,(H,21,23). The van der Waals surface area contributed by atoms with Crippen molar-refractivity contribution in [1.82, 2.24) is 10.3 Å². The second-order valence-corrected chi connectivity index (χ2v) is 8.54. The highest BCUT2D eigenvalue weighted by molar-refractivity contribution is 7.90. The first-order chi connectivity index (χ1) is 12.8. The lowest BCUT2D eigenvalue weighted by Gasteiger charge is -2.28. The highest BCUT2D eigenvalue weighted by Gasteiger charge is 2.15. The molecule has 1 amide bonds. The van der Waals surface area contributed by atoms with Crippen molar-refractivity contribution in [1.29, 1.82) is 0 Å². The van der Waals surface area contributed by atoms with Crippen molar-refractivity contribution in [3.63, 3.8) is 0 Å². The van der Waals surface area contributed by atoms with E-state index in [0.29, 0.717) is 30.9 Å². The number of pyridine rings is 1. The van der Waals surface area contributed by atoms with Gasteiger partial charge in [-0.3, -0.25) is 4.79 Å². The van der Waals surface area contributed by atoms with E-state index in [1.54, 1.807) is 25.3 Å². The van der Waals surface area contributed by atoms with Crippen molar-refractivity contribution in [2.45, 2.75) is 18.4 Å². The van der Waals surface area contributed by atoms with Crippen molar-refractivity contribution in [3.05, 3.63) is 53.2 Å². The molecule has 0 atom stereocenters. The van der Waals surface area contributed by atoms with E-state index >= 15 is 0 Å². The van der Waals surface area contributed by atoms with Crippen molar-refractivity contribution < 1.29 is 17.9 Å². The maximum atomic E-state index is 12.4. The predicted molar refractivity (Wildman–Crippen MR) is 103 cm³/mol. The first-order valence-corrected chi connectivity index (χ1v) is 10.6. The number of aryl methyl sites for hydroxylation is 1. The van der Waals surface area contributed by atoms with Crippen molar-refractivity contribution >= 4 is 21.6 Å². The lowest BCUT2D eigenvalue weighted by atomic mass is 10.1. The van der Waals surface area contributed by atoms with Crippen LogP contribution in [-0.4, -0.2) is 51.9 Å². The van der Waals surface area contributed by atoms with Crippen LogP contribution in [0, 0.1) is 6.92 Å². The number of benzene rings is 1. The van der Waals surface area contributed by atoms with Crippen LogP contribution in [0.5, 0.6) is 0 Å². The lowest BCUT2D eigenvalue weighted by Crippen LogP contribution is -2.36. The third kappa shape index (κ3) is 4.84. The van der Waals surface area contributed by atoms with Gasteiger partial charge in [-0.15, -0.1) is 0 Å². The van der Waals surface area contributed by atoms with Gasteiger partial charge in [0.05, 0.1) is 18.1 Å². The number of hydrogen-bond acceptors (Lipinski definition) is 6. The number of anilines is 1. The van der Waals surface area contributed by atoms with Gasteiger partial charge in [0.15, 0.2) is 9.84 Å². The van der Waals surface area contributed by atoms with Crippen LogP contribution in [0.1, 0.15) is 21.5 Å². The number of aromatic nitrogens is 1. The molecule has 7 nitrogen and oxygen atoms in total. The fourth-order valence-electron chi connectivity index (χ4n) is 2.96. The van der Waals surface area contributed by atoms with Gasteiger partial charge in [0, 0.05) is 37.7 Å². The summed E-state index contributed by atoms with van der Waals surface area (Å²) >= 11 is 0. The molecule has 144 valence electrons. The predicted octanol–water partition coefficient (Wildman–Crippen LogP) is 1.56. The number of sulfone groups is 1. The molecule has 2 aromatic rings. The Hall–Kier alpha value is -2.45. The highest BCUT2D eigenvalue weighted by atomic mass is 32.2. The molecule has 0 bridgehead atoms. The first kappa shape index (κ1) is 19.3. The molecule has 1 saturated heterocycles. The third-order valence-electron chi connectivity index (χ3n) is 4.45.